The highest BCUT2D eigenvalue weighted by molar-refractivity contribution is 6.30. The Hall–Kier alpha value is -2.99. The Morgan fingerprint density at radius 2 is 1.91 bits per heavy atom. The van der Waals surface area contributed by atoms with Crippen molar-refractivity contribution < 1.29 is 14.3 Å². The smallest absolute Gasteiger partial charge is 0.271 e. The highest BCUT2D eigenvalue weighted by Gasteiger charge is 2.24. The van der Waals surface area contributed by atoms with Crippen LogP contribution in [0.15, 0.2) is 42.5 Å². The number of benzene rings is 2. The van der Waals surface area contributed by atoms with Gasteiger partial charge in [0.05, 0.1) is 19.9 Å². The van der Waals surface area contributed by atoms with Crippen molar-refractivity contribution in [3.8, 4) is 22.9 Å². The van der Waals surface area contributed by atoms with E-state index in [0.717, 1.165) is 66.4 Å². The minimum atomic E-state index is -0.136. The molecular formula is C25H28ClN3O3. The van der Waals surface area contributed by atoms with Crippen molar-refractivity contribution in [2.24, 2.45) is 0 Å². The van der Waals surface area contributed by atoms with E-state index in [1.165, 1.54) is 0 Å². The van der Waals surface area contributed by atoms with Gasteiger partial charge in [-0.25, -0.2) is 4.98 Å². The second-order valence-corrected chi connectivity index (χ2v) is 8.32. The summed E-state index contributed by atoms with van der Waals surface area (Å²) >= 11 is 6.06. The third-order valence-electron chi connectivity index (χ3n) is 5.86. The van der Waals surface area contributed by atoms with Gasteiger partial charge >= 0.3 is 0 Å². The Bertz CT molecular complexity index is 1090. The molecule has 3 aromatic rings. The van der Waals surface area contributed by atoms with Crippen molar-refractivity contribution in [3.05, 3.63) is 64.4 Å². The number of nitrogens with one attached hydrogen (secondary N) is 1. The second-order valence-electron chi connectivity index (χ2n) is 7.88. The summed E-state index contributed by atoms with van der Waals surface area (Å²) in [5.41, 5.74) is 3.53. The van der Waals surface area contributed by atoms with E-state index in [9.17, 15) is 4.79 Å². The van der Waals surface area contributed by atoms with Gasteiger partial charge in [-0.05, 0) is 61.6 Å². The fourth-order valence-electron chi connectivity index (χ4n) is 4.17. The van der Waals surface area contributed by atoms with E-state index >= 15 is 0 Å². The third-order valence-corrected chi connectivity index (χ3v) is 6.11. The molecule has 168 valence electrons. The average molecular weight is 454 g/mol. The molecule has 7 heteroatoms. The summed E-state index contributed by atoms with van der Waals surface area (Å²) in [6.07, 6.45) is 4.81. The second kappa shape index (κ2) is 10.1. The first-order chi connectivity index (χ1) is 15.6. The Balaban J connectivity index is 1.53. The largest absolute Gasteiger partial charge is 0.497 e. The number of aromatic nitrogens is 2. The molecule has 0 fully saturated rings. The lowest BCUT2D eigenvalue weighted by atomic mass is 10.1. The molecule has 6 nitrogen and oxygen atoms in total. The Labute approximate surface area is 193 Å². The molecule has 0 unspecified atom stereocenters. The van der Waals surface area contributed by atoms with Gasteiger partial charge < -0.3 is 19.4 Å². The minimum Gasteiger partial charge on any atom is -0.497 e. The van der Waals surface area contributed by atoms with Gasteiger partial charge in [-0.15, -0.1) is 0 Å². The molecule has 32 heavy (non-hydrogen) atoms. The maximum absolute atomic E-state index is 13.1. The van der Waals surface area contributed by atoms with Gasteiger partial charge in [0.2, 0.25) is 0 Å². The number of nitrogens with zero attached hydrogens (tertiary/aromatic N) is 2. The number of carbonyl (C=O) groups is 1. The molecule has 4 rings (SSSR count). The first-order valence-corrected chi connectivity index (χ1v) is 11.3. The summed E-state index contributed by atoms with van der Waals surface area (Å²) in [6, 6.07) is 13.3. The molecule has 1 aliphatic rings. The zero-order valence-electron chi connectivity index (χ0n) is 18.5. The standard InChI is InChI=1S/C25H28ClN3O3/c1-31-20-12-9-17(22(16-20)32-2)13-14-27-25(30)23-21-6-4-3-5-15-29(21)24(28-23)18-7-10-19(26)11-8-18/h7-12,16H,3-6,13-15H2,1-2H3,(H,27,30). The predicted octanol–water partition coefficient (Wildman–Crippen LogP) is 4.92. The molecule has 0 bridgehead atoms. The summed E-state index contributed by atoms with van der Waals surface area (Å²) in [5, 5.41) is 3.73. The third kappa shape index (κ3) is 4.75. The molecule has 1 aliphatic heterocycles. The van der Waals surface area contributed by atoms with Crippen molar-refractivity contribution >= 4 is 17.5 Å². The quantitative estimate of drug-likeness (QED) is 0.551. The molecule has 2 heterocycles. The molecule has 0 radical (unpaired) electrons. The summed E-state index contributed by atoms with van der Waals surface area (Å²) in [4.78, 5) is 17.9. The topological polar surface area (TPSA) is 65.4 Å². The molecular weight excluding hydrogens is 426 g/mol. The van der Waals surface area contributed by atoms with E-state index in [-0.39, 0.29) is 5.91 Å². The van der Waals surface area contributed by atoms with Crippen molar-refractivity contribution in [1.82, 2.24) is 14.9 Å². The van der Waals surface area contributed by atoms with E-state index in [2.05, 4.69) is 9.88 Å². The van der Waals surface area contributed by atoms with Gasteiger partial charge in [-0.3, -0.25) is 4.79 Å². The lowest BCUT2D eigenvalue weighted by molar-refractivity contribution is 0.0948. The van der Waals surface area contributed by atoms with Crippen LogP contribution >= 0.6 is 11.6 Å². The summed E-state index contributed by atoms with van der Waals surface area (Å²) < 4.78 is 12.9. The molecule has 0 saturated carbocycles. The molecule has 2 aromatic carbocycles. The van der Waals surface area contributed by atoms with Crippen molar-refractivity contribution in [2.75, 3.05) is 20.8 Å². The van der Waals surface area contributed by atoms with Crippen LogP contribution in [-0.2, 0) is 19.4 Å². The van der Waals surface area contributed by atoms with E-state index in [1.807, 2.05) is 42.5 Å². The molecule has 0 atom stereocenters. The summed E-state index contributed by atoms with van der Waals surface area (Å²) in [6.45, 7) is 1.36. The average Bonchev–Trinajstić information content (AvgIpc) is 3.00. The van der Waals surface area contributed by atoms with Crippen LogP contribution < -0.4 is 14.8 Å². The first-order valence-electron chi connectivity index (χ1n) is 10.9. The molecule has 1 N–H and O–H groups in total. The SMILES string of the molecule is COc1ccc(CCNC(=O)c2nc(-c3ccc(Cl)cc3)n3c2CCCCC3)c(OC)c1. The van der Waals surface area contributed by atoms with Gasteiger partial charge in [0.15, 0.2) is 0 Å². The summed E-state index contributed by atoms with van der Waals surface area (Å²) in [7, 11) is 3.26. The Kier molecular flexibility index (Phi) is 7.00. The number of imidazole rings is 1. The van der Waals surface area contributed by atoms with Crippen molar-refractivity contribution in [3.63, 3.8) is 0 Å². The van der Waals surface area contributed by atoms with Crippen molar-refractivity contribution in [1.29, 1.82) is 0 Å². The van der Waals surface area contributed by atoms with Crippen LogP contribution in [0.25, 0.3) is 11.4 Å². The fourth-order valence-corrected chi connectivity index (χ4v) is 4.30. The van der Waals surface area contributed by atoms with E-state index in [1.54, 1.807) is 14.2 Å². The minimum absolute atomic E-state index is 0.136. The van der Waals surface area contributed by atoms with E-state index in [4.69, 9.17) is 26.1 Å². The highest BCUT2D eigenvalue weighted by Crippen LogP contribution is 2.28. The lowest BCUT2D eigenvalue weighted by Crippen LogP contribution is -2.27. The van der Waals surface area contributed by atoms with E-state index in [0.29, 0.717) is 23.7 Å². The normalized spacial score (nSPS) is 13.2. The van der Waals surface area contributed by atoms with Crippen LogP contribution in [0, 0.1) is 0 Å². The number of rotatable bonds is 7. The van der Waals surface area contributed by atoms with Gasteiger partial charge in [-0.1, -0.05) is 24.1 Å². The van der Waals surface area contributed by atoms with Gasteiger partial charge in [0, 0.05) is 29.7 Å². The van der Waals surface area contributed by atoms with Crippen LogP contribution in [0.5, 0.6) is 11.5 Å². The number of fused-ring (bicyclic) bond motifs is 1. The first kappa shape index (κ1) is 22.2. The molecule has 1 amide bonds. The van der Waals surface area contributed by atoms with Gasteiger partial charge in [-0.2, -0.15) is 0 Å². The van der Waals surface area contributed by atoms with Crippen LogP contribution in [0.3, 0.4) is 0 Å². The van der Waals surface area contributed by atoms with Crippen molar-refractivity contribution in [2.45, 2.75) is 38.6 Å². The number of amides is 1. The van der Waals surface area contributed by atoms with Crippen LogP contribution in [0.1, 0.15) is 41.0 Å². The predicted molar refractivity (Wildman–Crippen MR) is 126 cm³/mol. The lowest BCUT2D eigenvalue weighted by Gasteiger charge is -2.11. The maximum atomic E-state index is 13.1. The van der Waals surface area contributed by atoms with Crippen LogP contribution in [-0.4, -0.2) is 36.2 Å². The number of hydrogen-bond donors (Lipinski definition) is 1. The number of methoxy groups -OCH3 is 2. The highest BCUT2D eigenvalue weighted by atomic mass is 35.5. The van der Waals surface area contributed by atoms with Gasteiger partial charge in [0.25, 0.3) is 5.91 Å². The number of hydrogen-bond acceptors (Lipinski definition) is 4. The monoisotopic (exact) mass is 453 g/mol. The van der Waals surface area contributed by atoms with Crippen LogP contribution in [0.4, 0.5) is 0 Å². The molecule has 0 spiro atoms. The zero-order chi connectivity index (χ0) is 22.5. The number of halogens is 1. The fraction of sp³-hybridized carbons (Fsp3) is 0.360. The number of ether oxygens (including phenoxy) is 2. The van der Waals surface area contributed by atoms with Crippen LogP contribution in [0.2, 0.25) is 5.02 Å². The molecule has 1 aromatic heterocycles. The maximum Gasteiger partial charge on any atom is 0.271 e. The van der Waals surface area contributed by atoms with Gasteiger partial charge in [0.1, 0.15) is 23.0 Å². The Morgan fingerprint density at radius 1 is 1.09 bits per heavy atom. The Morgan fingerprint density at radius 3 is 2.66 bits per heavy atom. The summed E-state index contributed by atoms with van der Waals surface area (Å²) in [5.74, 6) is 2.19. The molecule has 0 aliphatic carbocycles. The zero-order valence-corrected chi connectivity index (χ0v) is 19.2. The van der Waals surface area contributed by atoms with E-state index < -0.39 is 0 Å². The molecule has 0 saturated heterocycles. The number of carbonyl (C=O) groups excluding carboxylic acids is 1.